The molecule has 0 aliphatic rings. The van der Waals surface area contributed by atoms with Crippen molar-refractivity contribution in [1.29, 1.82) is 0 Å². The number of hydrogen-bond donors (Lipinski definition) is 2. The summed E-state index contributed by atoms with van der Waals surface area (Å²) in [5, 5.41) is 3.07. The van der Waals surface area contributed by atoms with E-state index in [1.165, 1.54) is 6.20 Å². The fourth-order valence-corrected chi connectivity index (χ4v) is 1.69. The summed E-state index contributed by atoms with van der Waals surface area (Å²) in [5.74, 6) is 0.874. The molecule has 0 bridgehead atoms. The van der Waals surface area contributed by atoms with E-state index < -0.39 is 16.7 Å². The van der Waals surface area contributed by atoms with Crippen LogP contribution in [-0.2, 0) is 10.8 Å². The molecule has 1 aromatic rings. The lowest BCUT2D eigenvalue weighted by Gasteiger charge is -2.04. The van der Waals surface area contributed by atoms with Gasteiger partial charge in [0.1, 0.15) is 5.82 Å². The molecule has 1 rings (SSSR count). The average Bonchev–Trinajstić information content (AvgIpc) is 2.25. The van der Waals surface area contributed by atoms with E-state index in [1.54, 1.807) is 18.4 Å². The molecule has 5 nitrogen and oxygen atoms in total. The molecule has 0 aromatic carbocycles. The topological polar surface area (TPSA) is 85.1 Å². The number of hydrogen-bond acceptors (Lipinski definition) is 4. The number of pyridine rings is 1. The highest BCUT2D eigenvalue weighted by Gasteiger charge is 2.00. The molecule has 6 heteroatoms. The Bertz CT molecular complexity index is 378. The van der Waals surface area contributed by atoms with Crippen LogP contribution < -0.4 is 11.1 Å². The molecule has 0 radical (unpaired) electrons. The molecule has 3 N–H and O–H groups in total. The van der Waals surface area contributed by atoms with Crippen LogP contribution in [0.4, 0.5) is 5.82 Å². The second-order valence-corrected chi connectivity index (χ2v) is 4.91. The predicted octanol–water partition coefficient (Wildman–Crippen LogP) is 0.361. The molecule has 0 saturated carbocycles. The van der Waals surface area contributed by atoms with Crippen LogP contribution in [0.3, 0.4) is 0 Å². The zero-order valence-corrected chi connectivity index (χ0v) is 9.92. The van der Waals surface area contributed by atoms with Crippen LogP contribution in [-0.4, -0.2) is 33.7 Å². The zero-order chi connectivity index (χ0) is 12.0. The number of rotatable bonds is 6. The van der Waals surface area contributed by atoms with E-state index >= 15 is 0 Å². The van der Waals surface area contributed by atoms with Crippen molar-refractivity contribution in [3.63, 3.8) is 0 Å². The number of anilines is 1. The number of nitrogens with zero attached hydrogens (tertiary/aromatic N) is 1. The Labute approximate surface area is 96.9 Å². The van der Waals surface area contributed by atoms with Crippen LogP contribution in [0.2, 0.25) is 0 Å². The van der Waals surface area contributed by atoms with Crippen molar-refractivity contribution in [2.75, 3.05) is 23.9 Å². The molecule has 0 spiro atoms. The molecule has 1 heterocycles. The lowest BCUT2D eigenvalue weighted by Crippen LogP contribution is -2.12. The summed E-state index contributed by atoms with van der Waals surface area (Å²) in [7, 11) is -0.755. The quantitative estimate of drug-likeness (QED) is 0.704. The lowest BCUT2D eigenvalue weighted by atomic mass is 10.3. The summed E-state index contributed by atoms with van der Waals surface area (Å²) < 4.78 is 10.8. The normalized spacial score (nSPS) is 12.1. The van der Waals surface area contributed by atoms with Gasteiger partial charge in [0, 0.05) is 35.5 Å². The second-order valence-electron chi connectivity index (χ2n) is 3.35. The van der Waals surface area contributed by atoms with Gasteiger partial charge in [0.05, 0.1) is 5.56 Å². The maximum absolute atomic E-state index is 10.8. The van der Waals surface area contributed by atoms with Crippen molar-refractivity contribution >= 4 is 22.5 Å². The van der Waals surface area contributed by atoms with Gasteiger partial charge >= 0.3 is 0 Å². The number of carbonyl (C=O) groups excluding carboxylic acids is 1. The highest BCUT2D eigenvalue weighted by molar-refractivity contribution is 7.84. The number of nitrogens with two attached hydrogens (primary N) is 1. The summed E-state index contributed by atoms with van der Waals surface area (Å²) in [5.41, 5.74) is 5.47. The Morgan fingerprint density at radius 3 is 2.81 bits per heavy atom. The Morgan fingerprint density at radius 2 is 2.31 bits per heavy atom. The van der Waals surface area contributed by atoms with E-state index in [9.17, 15) is 9.00 Å². The number of carbonyl (C=O) groups is 1. The third kappa shape index (κ3) is 4.39. The minimum absolute atomic E-state index is 0.389. The van der Waals surface area contributed by atoms with E-state index in [1.807, 2.05) is 0 Å². The van der Waals surface area contributed by atoms with Gasteiger partial charge in [-0.2, -0.15) is 0 Å². The van der Waals surface area contributed by atoms with E-state index in [4.69, 9.17) is 5.73 Å². The van der Waals surface area contributed by atoms with Crippen LogP contribution in [0.5, 0.6) is 0 Å². The maximum Gasteiger partial charge on any atom is 0.250 e. The van der Waals surface area contributed by atoms with Crippen molar-refractivity contribution in [3.05, 3.63) is 23.9 Å². The molecule has 1 unspecified atom stereocenters. The summed E-state index contributed by atoms with van der Waals surface area (Å²) in [6, 6.07) is 3.32. The van der Waals surface area contributed by atoms with Crippen molar-refractivity contribution in [1.82, 2.24) is 4.98 Å². The van der Waals surface area contributed by atoms with Gasteiger partial charge in [-0.1, -0.05) is 0 Å². The zero-order valence-electron chi connectivity index (χ0n) is 9.10. The van der Waals surface area contributed by atoms with Gasteiger partial charge in [0.2, 0.25) is 5.91 Å². The summed E-state index contributed by atoms with van der Waals surface area (Å²) in [4.78, 5) is 14.8. The van der Waals surface area contributed by atoms with Crippen LogP contribution in [0.25, 0.3) is 0 Å². The number of nitrogens with one attached hydrogen (secondary N) is 1. The summed E-state index contributed by atoms with van der Waals surface area (Å²) in [6.07, 6.45) is 3.94. The monoisotopic (exact) mass is 241 g/mol. The van der Waals surface area contributed by atoms with Crippen LogP contribution in [0.1, 0.15) is 16.8 Å². The fourth-order valence-electron chi connectivity index (χ4n) is 1.14. The van der Waals surface area contributed by atoms with Gasteiger partial charge in [-0.05, 0) is 18.6 Å². The molecule has 1 aromatic heterocycles. The van der Waals surface area contributed by atoms with Gasteiger partial charge in [-0.25, -0.2) is 4.98 Å². The molecular formula is C10H15N3O2S. The Kier molecular flexibility index (Phi) is 4.91. The molecule has 1 amide bonds. The third-order valence-electron chi connectivity index (χ3n) is 1.96. The molecule has 88 valence electrons. The van der Waals surface area contributed by atoms with E-state index in [2.05, 4.69) is 10.3 Å². The first-order valence-corrected chi connectivity index (χ1v) is 6.62. The minimum Gasteiger partial charge on any atom is -0.370 e. The highest BCUT2D eigenvalue weighted by atomic mass is 32.2. The molecule has 0 saturated heterocycles. The van der Waals surface area contributed by atoms with E-state index in [-0.39, 0.29) is 0 Å². The van der Waals surface area contributed by atoms with Gasteiger partial charge in [-0.15, -0.1) is 0 Å². The fraction of sp³-hybridized carbons (Fsp3) is 0.400. The molecule has 0 aliphatic heterocycles. The van der Waals surface area contributed by atoms with Crippen LogP contribution >= 0.6 is 0 Å². The van der Waals surface area contributed by atoms with Crippen molar-refractivity contribution in [3.8, 4) is 0 Å². The molecule has 1 atom stereocenters. The predicted molar refractivity (Wildman–Crippen MR) is 64.8 cm³/mol. The van der Waals surface area contributed by atoms with Crippen LogP contribution in [0.15, 0.2) is 18.3 Å². The first-order chi connectivity index (χ1) is 7.59. The van der Waals surface area contributed by atoms with Gasteiger partial charge in [-0.3, -0.25) is 9.00 Å². The largest absolute Gasteiger partial charge is 0.370 e. The van der Waals surface area contributed by atoms with Gasteiger partial charge < -0.3 is 11.1 Å². The summed E-state index contributed by atoms with van der Waals surface area (Å²) in [6.45, 7) is 0.711. The van der Waals surface area contributed by atoms with Crippen molar-refractivity contribution < 1.29 is 9.00 Å². The summed E-state index contributed by atoms with van der Waals surface area (Å²) >= 11 is 0. The molecule has 0 fully saturated rings. The van der Waals surface area contributed by atoms with E-state index in [0.29, 0.717) is 23.7 Å². The smallest absolute Gasteiger partial charge is 0.250 e. The van der Waals surface area contributed by atoms with Crippen molar-refractivity contribution in [2.45, 2.75) is 6.42 Å². The number of aromatic nitrogens is 1. The van der Waals surface area contributed by atoms with Gasteiger partial charge in [0.25, 0.3) is 0 Å². The van der Waals surface area contributed by atoms with Gasteiger partial charge in [0.15, 0.2) is 0 Å². The standard InChI is InChI=1S/C10H15N3O2S/c1-16(15)6-2-5-12-9-4-3-8(7-13-9)10(11)14/h3-4,7H,2,5-6H2,1H3,(H2,11,14)(H,12,13). The third-order valence-corrected chi connectivity index (χ3v) is 2.83. The number of primary amides is 1. The van der Waals surface area contributed by atoms with E-state index in [0.717, 1.165) is 6.42 Å². The highest BCUT2D eigenvalue weighted by Crippen LogP contribution is 2.04. The Hall–Kier alpha value is -1.43. The average molecular weight is 241 g/mol. The molecule has 16 heavy (non-hydrogen) atoms. The van der Waals surface area contributed by atoms with Crippen LogP contribution in [0, 0.1) is 0 Å². The van der Waals surface area contributed by atoms with Crippen molar-refractivity contribution in [2.24, 2.45) is 5.73 Å². The second kappa shape index (κ2) is 6.22. The Balaban J connectivity index is 2.38. The Morgan fingerprint density at radius 1 is 1.56 bits per heavy atom. The lowest BCUT2D eigenvalue weighted by molar-refractivity contribution is 0.1000. The maximum atomic E-state index is 10.8. The minimum atomic E-state index is -0.755. The molecule has 0 aliphatic carbocycles. The number of amides is 1. The first-order valence-electron chi connectivity index (χ1n) is 4.89. The SMILES string of the molecule is CS(=O)CCCNc1ccc(C(N)=O)cn1. The molecular weight excluding hydrogens is 226 g/mol. The first kappa shape index (κ1) is 12.6.